The van der Waals surface area contributed by atoms with Crippen LogP contribution in [-0.2, 0) is 4.79 Å². The summed E-state index contributed by atoms with van der Waals surface area (Å²) in [6.07, 6.45) is 0.522. The quantitative estimate of drug-likeness (QED) is 0.725. The van der Waals surface area contributed by atoms with Crippen molar-refractivity contribution in [2.45, 2.75) is 6.42 Å². The second kappa shape index (κ2) is 8.06. The van der Waals surface area contributed by atoms with Gasteiger partial charge in [0.1, 0.15) is 12.4 Å². The fraction of sp³-hybridized carbons (Fsp3) is 0.273. The Bertz CT molecular complexity index is 1000. The molecule has 154 valence electrons. The lowest BCUT2D eigenvalue weighted by Crippen LogP contribution is -2.44. The van der Waals surface area contributed by atoms with Crippen LogP contribution in [0.4, 0.5) is 4.39 Å². The number of benzene rings is 2. The summed E-state index contributed by atoms with van der Waals surface area (Å²) in [4.78, 5) is 54.4. The molecule has 2 aromatic rings. The molecule has 4 amide bonds. The van der Waals surface area contributed by atoms with Gasteiger partial charge >= 0.3 is 0 Å². The van der Waals surface area contributed by atoms with Crippen molar-refractivity contribution in [3.8, 4) is 0 Å². The lowest BCUT2D eigenvalue weighted by Gasteiger charge is -2.24. The third-order valence-corrected chi connectivity index (χ3v) is 5.41. The number of carbonyl (C=O) groups excluding carboxylic acids is 4. The monoisotopic (exact) mass is 409 g/mol. The van der Waals surface area contributed by atoms with E-state index < -0.39 is 23.5 Å². The summed E-state index contributed by atoms with van der Waals surface area (Å²) in [5.74, 6) is -2.30. The van der Waals surface area contributed by atoms with E-state index >= 15 is 0 Å². The first-order valence-electron chi connectivity index (χ1n) is 9.74. The minimum Gasteiger partial charge on any atom is -0.339 e. The Kier molecular flexibility index (Phi) is 5.31. The van der Waals surface area contributed by atoms with E-state index in [0.717, 1.165) is 4.90 Å². The summed E-state index contributed by atoms with van der Waals surface area (Å²) >= 11 is 0. The number of hydrogen-bond acceptors (Lipinski definition) is 4. The zero-order valence-corrected chi connectivity index (χ0v) is 16.2. The normalized spacial score (nSPS) is 16.5. The minimum atomic E-state index is -0.578. The summed E-state index contributed by atoms with van der Waals surface area (Å²) in [5.41, 5.74) is 0.601. The number of halogens is 1. The van der Waals surface area contributed by atoms with E-state index in [1.165, 1.54) is 28.0 Å². The maximum Gasteiger partial charge on any atom is 0.262 e. The second-order valence-corrected chi connectivity index (χ2v) is 7.25. The summed E-state index contributed by atoms with van der Waals surface area (Å²) < 4.78 is 13.9. The van der Waals surface area contributed by atoms with Crippen molar-refractivity contribution in [1.29, 1.82) is 0 Å². The van der Waals surface area contributed by atoms with Crippen LogP contribution in [0.5, 0.6) is 0 Å². The lowest BCUT2D eigenvalue weighted by molar-refractivity contribution is -0.131. The Balaban J connectivity index is 1.40. The van der Waals surface area contributed by atoms with Crippen LogP contribution in [0.15, 0.2) is 48.5 Å². The zero-order chi connectivity index (χ0) is 21.3. The Labute approximate surface area is 172 Å². The molecule has 0 aliphatic carbocycles. The highest BCUT2D eigenvalue weighted by Crippen LogP contribution is 2.22. The van der Waals surface area contributed by atoms with Gasteiger partial charge in [0.2, 0.25) is 5.91 Å². The number of hydrogen-bond donors (Lipinski definition) is 0. The van der Waals surface area contributed by atoms with Crippen molar-refractivity contribution >= 4 is 23.6 Å². The van der Waals surface area contributed by atoms with Gasteiger partial charge in [-0.3, -0.25) is 24.1 Å². The van der Waals surface area contributed by atoms with Crippen LogP contribution in [0.1, 0.15) is 37.5 Å². The van der Waals surface area contributed by atoms with Crippen LogP contribution in [0, 0.1) is 5.82 Å². The van der Waals surface area contributed by atoms with Crippen molar-refractivity contribution in [2.75, 3.05) is 32.7 Å². The molecule has 2 aliphatic rings. The first-order chi connectivity index (χ1) is 14.5. The van der Waals surface area contributed by atoms with Gasteiger partial charge in [-0.2, -0.15) is 0 Å². The molecular formula is C22H20FN3O4. The van der Waals surface area contributed by atoms with Gasteiger partial charge in [0.15, 0.2) is 0 Å². The van der Waals surface area contributed by atoms with Crippen molar-refractivity contribution in [3.05, 3.63) is 71.0 Å². The van der Waals surface area contributed by atoms with Gasteiger partial charge in [-0.25, -0.2) is 4.39 Å². The SMILES string of the molecule is O=C(CN1C(=O)c2ccccc2C1=O)N1CCCN(C(=O)c2ccccc2F)CC1. The molecule has 2 aliphatic heterocycles. The largest absolute Gasteiger partial charge is 0.339 e. The van der Waals surface area contributed by atoms with Gasteiger partial charge < -0.3 is 9.80 Å². The summed E-state index contributed by atoms with van der Waals surface area (Å²) in [7, 11) is 0. The molecule has 4 rings (SSSR count). The van der Waals surface area contributed by atoms with Gasteiger partial charge in [0.05, 0.1) is 16.7 Å². The van der Waals surface area contributed by atoms with Crippen LogP contribution in [0.25, 0.3) is 0 Å². The Hall–Kier alpha value is -3.55. The van der Waals surface area contributed by atoms with E-state index in [9.17, 15) is 23.6 Å². The summed E-state index contributed by atoms with van der Waals surface area (Å²) in [5, 5.41) is 0. The van der Waals surface area contributed by atoms with E-state index in [1.807, 2.05) is 0 Å². The number of fused-ring (bicyclic) bond motifs is 1. The minimum absolute atomic E-state index is 0.00306. The molecule has 0 bridgehead atoms. The van der Waals surface area contributed by atoms with E-state index in [2.05, 4.69) is 0 Å². The number of rotatable bonds is 3. The van der Waals surface area contributed by atoms with E-state index in [0.29, 0.717) is 30.6 Å². The molecule has 2 aromatic carbocycles. The van der Waals surface area contributed by atoms with Crippen molar-refractivity contribution in [1.82, 2.24) is 14.7 Å². The third-order valence-electron chi connectivity index (χ3n) is 5.41. The van der Waals surface area contributed by atoms with E-state index in [4.69, 9.17) is 0 Å². The van der Waals surface area contributed by atoms with Gasteiger partial charge in [-0.15, -0.1) is 0 Å². The Morgan fingerprint density at radius 3 is 2.03 bits per heavy atom. The highest BCUT2D eigenvalue weighted by atomic mass is 19.1. The Morgan fingerprint density at radius 2 is 1.37 bits per heavy atom. The first-order valence-corrected chi connectivity index (χ1v) is 9.74. The topological polar surface area (TPSA) is 78.0 Å². The molecule has 30 heavy (non-hydrogen) atoms. The molecule has 2 heterocycles. The average molecular weight is 409 g/mol. The molecule has 0 N–H and O–H groups in total. The molecular weight excluding hydrogens is 389 g/mol. The molecule has 1 fully saturated rings. The van der Waals surface area contributed by atoms with Gasteiger partial charge in [0.25, 0.3) is 17.7 Å². The Morgan fingerprint density at radius 1 is 0.800 bits per heavy atom. The zero-order valence-electron chi connectivity index (χ0n) is 16.2. The van der Waals surface area contributed by atoms with Gasteiger partial charge in [0, 0.05) is 26.2 Å². The first kappa shape index (κ1) is 19.8. The predicted molar refractivity (Wildman–Crippen MR) is 105 cm³/mol. The van der Waals surface area contributed by atoms with Crippen molar-refractivity contribution in [3.63, 3.8) is 0 Å². The van der Waals surface area contributed by atoms with Crippen LogP contribution in [0.3, 0.4) is 0 Å². The maximum atomic E-state index is 13.9. The number of carbonyl (C=O) groups is 4. The van der Waals surface area contributed by atoms with Crippen LogP contribution in [-0.4, -0.2) is 71.1 Å². The van der Waals surface area contributed by atoms with E-state index in [-0.39, 0.29) is 31.1 Å². The smallest absolute Gasteiger partial charge is 0.262 e. The summed E-state index contributed by atoms with van der Waals surface area (Å²) in [6, 6.07) is 12.3. The number of imide groups is 1. The van der Waals surface area contributed by atoms with Gasteiger partial charge in [-0.1, -0.05) is 24.3 Å². The summed E-state index contributed by atoms with van der Waals surface area (Å²) in [6.45, 7) is 0.948. The lowest BCUT2D eigenvalue weighted by atomic mass is 10.1. The second-order valence-electron chi connectivity index (χ2n) is 7.25. The number of nitrogens with zero attached hydrogens (tertiary/aromatic N) is 3. The highest BCUT2D eigenvalue weighted by Gasteiger charge is 2.37. The molecule has 0 radical (unpaired) electrons. The molecule has 0 atom stereocenters. The van der Waals surface area contributed by atoms with Crippen molar-refractivity contribution in [2.24, 2.45) is 0 Å². The van der Waals surface area contributed by atoms with Crippen LogP contribution in [0.2, 0.25) is 0 Å². The molecule has 0 saturated carbocycles. The average Bonchev–Trinajstić information content (AvgIpc) is 2.93. The third kappa shape index (κ3) is 3.56. The maximum absolute atomic E-state index is 13.9. The molecule has 1 saturated heterocycles. The molecule has 0 unspecified atom stereocenters. The van der Waals surface area contributed by atoms with Crippen LogP contribution < -0.4 is 0 Å². The fourth-order valence-corrected chi connectivity index (χ4v) is 3.79. The number of amides is 4. The molecule has 8 heteroatoms. The highest BCUT2D eigenvalue weighted by molar-refractivity contribution is 6.22. The van der Waals surface area contributed by atoms with Crippen molar-refractivity contribution < 1.29 is 23.6 Å². The van der Waals surface area contributed by atoms with Gasteiger partial charge in [-0.05, 0) is 30.7 Å². The van der Waals surface area contributed by atoms with Crippen LogP contribution >= 0.6 is 0 Å². The molecule has 0 spiro atoms. The van der Waals surface area contributed by atoms with E-state index in [1.54, 1.807) is 30.3 Å². The fourth-order valence-electron chi connectivity index (χ4n) is 3.79. The standard InChI is InChI=1S/C22H20FN3O4/c23-18-9-4-3-8-17(18)20(28)25-11-5-10-24(12-13-25)19(27)14-26-21(29)15-6-1-2-7-16(15)22(26)30/h1-4,6-9H,5,10-14H2. The predicted octanol–water partition coefficient (Wildman–Crippen LogP) is 1.80. The molecule has 0 aromatic heterocycles. The molecule has 7 nitrogen and oxygen atoms in total.